The normalized spacial score (nSPS) is 21.6. The number of carbonyl (C=O) groups excluding carboxylic acids is 2. The van der Waals surface area contributed by atoms with Crippen molar-refractivity contribution in [2.45, 2.75) is 32.0 Å². The topological polar surface area (TPSA) is 85.4 Å². The fourth-order valence-electron chi connectivity index (χ4n) is 4.39. The molecule has 8 heteroatoms. The number of phenolic OH excluding ortho intramolecular Hbond substituents is 1. The van der Waals surface area contributed by atoms with E-state index in [0.29, 0.717) is 26.1 Å². The molecular formula is C24H30N4O4. The van der Waals surface area contributed by atoms with Crippen molar-refractivity contribution in [2.75, 3.05) is 33.3 Å². The molecule has 0 aromatic heterocycles. The largest absolute Gasteiger partial charge is 0.508 e. The van der Waals surface area contributed by atoms with Gasteiger partial charge in [-0.25, -0.2) is 10.4 Å². The molecule has 2 atom stereocenters. The average Bonchev–Trinajstić information content (AvgIpc) is 2.81. The lowest BCUT2D eigenvalue weighted by atomic mass is 9.98. The first-order valence-electron chi connectivity index (χ1n) is 11.0. The molecule has 2 aromatic carbocycles. The molecule has 0 spiro atoms. The van der Waals surface area contributed by atoms with Gasteiger partial charge in [-0.15, -0.1) is 0 Å². The second-order valence-corrected chi connectivity index (χ2v) is 8.23. The van der Waals surface area contributed by atoms with Crippen molar-refractivity contribution >= 4 is 11.8 Å². The van der Waals surface area contributed by atoms with Gasteiger partial charge in [-0.3, -0.25) is 9.59 Å². The third-order valence-electron chi connectivity index (χ3n) is 6.18. The summed E-state index contributed by atoms with van der Waals surface area (Å²) < 4.78 is 5.22. The molecule has 0 unspecified atom stereocenters. The number of benzene rings is 2. The van der Waals surface area contributed by atoms with E-state index in [1.165, 1.54) is 0 Å². The van der Waals surface area contributed by atoms with Crippen LogP contribution >= 0.6 is 0 Å². The highest BCUT2D eigenvalue weighted by atomic mass is 16.5. The molecule has 170 valence electrons. The number of piperazine rings is 1. The standard InChI is InChI=1S/C24H30N4O4/c1-3-27-16-23(30)28-21(14-18-4-8-19(29)9-5-18)24(31)26(15-22(28)25-27)13-12-17-6-10-20(32-2)11-7-17/h4-11,21-22,25,29H,3,12-16H2,1-2H3/t21-,22+/m0/s1. The van der Waals surface area contributed by atoms with Crippen LogP contribution in [0.5, 0.6) is 11.5 Å². The Bertz CT molecular complexity index is 947. The summed E-state index contributed by atoms with van der Waals surface area (Å²) >= 11 is 0. The maximum absolute atomic E-state index is 13.5. The van der Waals surface area contributed by atoms with Crippen LogP contribution in [0, 0.1) is 0 Å². The first-order chi connectivity index (χ1) is 15.5. The van der Waals surface area contributed by atoms with E-state index in [9.17, 15) is 14.7 Å². The lowest BCUT2D eigenvalue weighted by Crippen LogP contribution is -2.74. The van der Waals surface area contributed by atoms with Crippen LogP contribution in [0.25, 0.3) is 0 Å². The maximum atomic E-state index is 13.5. The Morgan fingerprint density at radius 1 is 1.06 bits per heavy atom. The van der Waals surface area contributed by atoms with E-state index in [-0.39, 0.29) is 30.3 Å². The van der Waals surface area contributed by atoms with Crippen LogP contribution in [-0.4, -0.2) is 77.2 Å². The first-order valence-corrected chi connectivity index (χ1v) is 11.0. The summed E-state index contributed by atoms with van der Waals surface area (Å²) in [7, 11) is 1.64. The quantitative estimate of drug-likeness (QED) is 0.680. The van der Waals surface area contributed by atoms with Gasteiger partial charge < -0.3 is 19.6 Å². The number of ether oxygens (including phenoxy) is 1. The Kier molecular flexibility index (Phi) is 6.62. The molecule has 0 bridgehead atoms. The highest BCUT2D eigenvalue weighted by Crippen LogP contribution is 2.24. The molecule has 2 aromatic rings. The van der Waals surface area contributed by atoms with Crippen LogP contribution in [0.2, 0.25) is 0 Å². The van der Waals surface area contributed by atoms with Gasteiger partial charge in [0.25, 0.3) is 0 Å². The molecule has 4 rings (SSSR count). The molecule has 8 nitrogen and oxygen atoms in total. The number of likely N-dealkylation sites (N-methyl/N-ethyl adjacent to an activating group) is 1. The Morgan fingerprint density at radius 2 is 1.75 bits per heavy atom. The number of nitrogens with zero attached hydrogens (tertiary/aromatic N) is 3. The second kappa shape index (κ2) is 9.58. The monoisotopic (exact) mass is 438 g/mol. The van der Waals surface area contributed by atoms with E-state index < -0.39 is 6.04 Å². The highest BCUT2D eigenvalue weighted by Gasteiger charge is 2.45. The summed E-state index contributed by atoms with van der Waals surface area (Å²) in [5, 5.41) is 11.5. The molecule has 32 heavy (non-hydrogen) atoms. The van der Waals surface area contributed by atoms with Crippen molar-refractivity contribution in [3.63, 3.8) is 0 Å². The molecule has 0 aliphatic carbocycles. The van der Waals surface area contributed by atoms with E-state index in [0.717, 1.165) is 23.3 Å². The van der Waals surface area contributed by atoms with E-state index in [4.69, 9.17) is 4.74 Å². The van der Waals surface area contributed by atoms with E-state index in [1.807, 2.05) is 41.1 Å². The zero-order valence-corrected chi connectivity index (χ0v) is 18.5. The van der Waals surface area contributed by atoms with Gasteiger partial charge in [-0.1, -0.05) is 31.2 Å². The number of methoxy groups -OCH3 is 1. The molecule has 2 N–H and O–H groups in total. The smallest absolute Gasteiger partial charge is 0.245 e. The van der Waals surface area contributed by atoms with Crippen molar-refractivity contribution in [2.24, 2.45) is 0 Å². The molecule has 2 heterocycles. The number of nitrogens with one attached hydrogen (secondary N) is 1. The van der Waals surface area contributed by atoms with Gasteiger partial charge in [0.15, 0.2) is 0 Å². The molecule has 0 saturated carbocycles. The third-order valence-corrected chi connectivity index (χ3v) is 6.18. The number of carbonyl (C=O) groups is 2. The van der Waals surface area contributed by atoms with Crippen LogP contribution < -0.4 is 10.2 Å². The number of hydrogen-bond donors (Lipinski definition) is 2. The number of aromatic hydroxyl groups is 1. The molecule has 2 aliphatic heterocycles. The van der Waals surface area contributed by atoms with Crippen LogP contribution in [-0.2, 0) is 22.4 Å². The summed E-state index contributed by atoms with van der Waals surface area (Å²) in [5.41, 5.74) is 5.44. The molecule has 2 fully saturated rings. The van der Waals surface area contributed by atoms with Crippen LogP contribution in [0.1, 0.15) is 18.1 Å². The SMILES string of the molecule is CCN1CC(=O)N2[C@H](CN(CCc3ccc(OC)cc3)C(=O)[C@@H]2Cc2ccc(O)cc2)N1. The van der Waals surface area contributed by atoms with Gasteiger partial charge >= 0.3 is 0 Å². The average molecular weight is 439 g/mol. The number of phenols is 1. The van der Waals surface area contributed by atoms with Gasteiger partial charge in [-0.05, 0) is 41.8 Å². The molecule has 2 amide bonds. The van der Waals surface area contributed by atoms with Crippen LogP contribution in [0.4, 0.5) is 0 Å². The predicted octanol–water partition coefficient (Wildman–Crippen LogP) is 1.39. The van der Waals surface area contributed by atoms with E-state index >= 15 is 0 Å². The Balaban J connectivity index is 1.53. The zero-order valence-electron chi connectivity index (χ0n) is 18.5. The van der Waals surface area contributed by atoms with Gasteiger partial charge in [-0.2, -0.15) is 0 Å². The molecule has 2 saturated heterocycles. The van der Waals surface area contributed by atoms with E-state index in [1.54, 1.807) is 36.3 Å². The lowest BCUT2D eigenvalue weighted by molar-refractivity contribution is -0.167. The first kappa shape index (κ1) is 22.1. The number of rotatable bonds is 7. The van der Waals surface area contributed by atoms with Crippen molar-refractivity contribution in [1.82, 2.24) is 20.2 Å². The van der Waals surface area contributed by atoms with Gasteiger partial charge in [0.2, 0.25) is 11.8 Å². The Hall–Kier alpha value is -3.10. The van der Waals surface area contributed by atoms with Gasteiger partial charge in [0.05, 0.1) is 20.2 Å². The number of hydrogen-bond acceptors (Lipinski definition) is 6. The van der Waals surface area contributed by atoms with E-state index in [2.05, 4.69) is 5.43 Å². The molecule has 0 radical (unpaired) electrons. The van der Waals surface area contributed by atoms with Crippen molar-refractivity contribution in [3.05, 3.63) is 59.7 Å². The van der Waals surface area contributed by atoms with Crippen LogP contribution in [0.15, 0.2) is 48.5 Å². The minimum atomic E-state index is -0.576. The Morgan fingerprint density at radius 3 is 2.41 bits per heavy atom. The summed E-state index contributed by atoms with van der Waals surface area (Å²) in [6.07, 6.45) is 0.875. The molecular weight excluding hydrogens is 408 g/mol. The number of hydrazine groups is 1. The summed E-state index contributed by atoms with van der Waals surface area (Å²) in [5.74, 6) is 0.902. The fourth-order valence-corrected chi connectivity index (χ4v) is 4.39. The van der Waals surface area contributed by atoms with Crippen molar-refractivity contribution in [1.29, 1.82) is 0 Å². The zero-order chi connectivity index (χ0) is 22.7. The fraction of sp³-hybridized carbons (Fsp3) is 0.417. The Labute approximate surface area is 188 Å². The van der Waals surface area contributed by atoms with Crippen molar-refractivity contribution in [3.8, 4) is 11.5 Å². The number of fused-ring (bicyclic) bond motifs is 1. The summed E-state index contributed by atoms with van der Waals surface area (Å²) in [6.45, 7) is 3.98. The van der Waals surface area contributed by atoms with Gasteiger partial charge in [0.1, 0.15) is 23.7 Å². The maximum Gasteiger partial charge on any atom is 0.245 e. The highest BCUT2D eigenvalue weighted by molar-refractivity contribution is 5.90. The minimum absolute atomic E-state index is 0.0389. The third kappa shape index (κ3) is 4.71. The number of amides is 2. The van der Waals surface area contributed by atoms with Crippen LogP contribution in [0.3, 0.4) is 0 Å². The lowest BCUT2D eigenvalue weighted by Gasteiger charge is -2.50. The molecule has 2 aliphatic rings. The predicted molar refractivity (Wildman–Crippen MR) is 120 cm³/mol. The van der Waals surface area contributed by atoms with Crippen molar-refractivity contribution < 1.29 is 19.4 Å². The summed E-state index contributed by atoms with van der Waals surface area (Å²) in [4.78, 5) is 30.0. The summed E-state index contributed by atoms with van der Waals surface area (Å²) in [6, 6.07) is 14.1. The second-order valence-electron chi connectivity index (χ2n) is 8.23. The minimum Gasteiger partial charge on any atom is -0.508 e. The van der Waals surface area contributed by atoms with Gasteiger partial charge in [0, 0.05) is 19.5 Å².